The van der Waals surface area contributed by atoms with Gasteiger partial charge in [-0.2, -0.15) is 0 Å². The van der Waals surface area contributed by atoms with E-state index in [9.17, 15) is 13.2 Å². The number of fused-ring (bicyclic) bond motifs is 1. The Morgan fingerprint density at radius 1 is 1.18 bits per heavy atom. The molecule has 1 N–H and O–H groups in total. The van der Waals surface area contributed by atoms with Gasteiger partial charge in [0.2, 0.25) is 5.29 Å². The smallest absolute Gasteiger partial charge is 0.206 e. The number of nitrogens with one attached hydrogen (secondary N) is 1. The summed E-state index contributed by atoms with van der Waals surface area (Å²) in [5.74, 6) is -3.23. The van der Waals surface area contributed by atoms with Gasteiger partial charge >= 0.3 is 0 Å². The molecule has 1 aliphatic rings. The molecular weight excluding hydrogens is 333 g/mol. The Morgan fingerprint density at radius 2 is 1.91 bits per heavy atom. The second-order valence-electron chi connectivity index (χ2n) is 4.78. The van der Waals surface area contributed by atoms with Crippen LogP contribution in [0.4, 0.5) is 18.9 Å². The largest absolute Gasteiger partial charge is 0.300 e. The molecule has 0 aliphatic carbocycles. The number of amidine groups is 1. The van der Waals surface area contributed by atoms with Crippen molar-refractivity contribution in [2.75, 3.05) is 0 Å². The molecule has 1 aliphatic heterocycles. The van der Waals surface area contributed by atoms with Crippen LogP contribution in [0.5, 0.6) is 0 Å². The summed E-state index contributed by atoms with van der Waals surface area (Å²) in [5, 5.41) is 0.0606. The zero-order chi connectivity index (χ0) is 15.9. The summed E-state index contributed by atoms with van der Waals surface area (Å²) in [6, 6.07) is 7.05. The van der Waals surface area contributed by atoms with Gasteiger partial charge in [0.15, 0.2) is 11.6 Å². The minimum absolute atomic E-state index is 0.00718. The molecule has 2 nitrogen and oxygen atoms in total. The Kier molecular flexibility index (Phi) is 4.06. The third kappa shape index (κ3) is 2.57. The molecule has 1 atom stereocenters. The van der Waals surface area contributed by atoms with Gasteiger partial charge in [-0.25, -0.2) is 18.2 Å². The van der Waals surface area contributed by atoms with E-state index in [0.29, 0.717) is 4.90 Å². The molecule has 114 valence electrons. The van der Waals surface area contributed by atoms with E-state index in [1.807, 2.05) is 0 Å². The van der Waals surface area contributed by atoms with E-state index >= 15 is 0 Å². The average Bonchev–Trinajstić information content (AvgIpc) is 2.49. The number of rotatable bonds is 2. The van der Waals surface area contributed by atoms with Crippen molar-refractivity contribution >= 4 is 34.5 Å². The van der Waals surface area contributed by atoms with E-state index in [4.69, 9.17) is 11.6 Å². The molecule has 0 saturated heterocycles. The summed E-state index contributed by atoms with van der Waals surface area (Å²) in [6.07, 6.45) is 0. The molecule has 0 amide bonds. The van der Waals surface area contributed by atoms with Gasteiger partial charge in [-0.05, 0) is 41.2 Å². The lowest BCUT2D eigenvalue weighted by atomic mass is 9.91. The molecule has 22 heavy (non-hydrogen) atoms. The first-order chi connectivity index (χ1) is 10.5. The fourth-order valence-corrected chi connectivity index (χ4v) is 3.26. The fourth-order valence-electron chi connectivity index (χ4n) is 2.40. The van der Waals surface area contributed by atoms with Crippen molar-refractivity contribution in [3.05, 3.63) is 58.9 Å². The highest BCUT2D eigenvalue weighted by Gasteiger charge is 2.27. The highest BCUT2D eigenvalue weighted by molar-refractivity contribution is 7.98. The summed E-state index contributed by atoms with van der Waals surface area (Å²) in [5.41, 5.74) is 0.486. The predicted molar refractivity (Wildman–Crippen MR) is 82.2 cm³/mol. The normalized spacial score (nSPS) is 14.9. The maximum atomic E-state index is 14.3. The molecule has 2 aromatic rings. The van der Waals surface area contributed by atoms with E-state index in [-0.39, 0.29) is 22.1 Å². The molecule has 1 heterocycles. The molecular formula is C15H10ClF3N2S. The van der Waals surface area contributed by atoms with Crippen LogP contribution in [-0.2, 0) is 0 Å². The Labute approximate surface area is 134 Å². The summed E-state index contributed by atoms with van der Waals surface area (Å²) < 4.78 is 44.8. The van der Waals surface area contributed by atoms with Gasteiger partial charge in [0.1, 0.15) is 5.82 Å². The second kappa shape index (κ2) is 5.85. The fraction of sp³-hybridized carbons (Fsp3) is 0.133. The Hall–Kier alpha value is -1.66. The van der Waals surface area contributed by atoms with Crippen molar-refractivity contribution in [2.24, 2.45) is 4.99 Å². The monoisotopic (exact) mass is 342 g/mol. The van der Waals surface area contributed by atoms with Gasteiger partial charge < -0.3 is 4.72 Å². The summed E-state index contributed by atoms with van der Waals surface area (Å²) in [7, 11) is 0. The van der Waals surface area contributed by atoms with Crippen LogP contribution in [-0.4, -0.2) is 5.29 Å². The van der Waals surface area contributed by atoms with Crippen molar-refractivity contribution < 1.29 is 13.2 Å². The van der Waals surface area contributed by atoms with Gasteiger partial charge in [0.25, 0.3) is 0 Å². The number of halogens is 4. The van der Waals surface area contributed by atoms with Crippen molar-refractivity contribution in [1.82, 2.24) is 4.72 Å². The van der Waals surface area contributed by atoms with Gasteiger partial charge in [-0.1, -0.05) is 25.1 Å². The van der Waals surface area contributed by atoms with Crippen LogP contribution in [0, 0.1) is 17.5 Å². The topological polar surface area (TPSA) is 24.4 Å². The summed E-state index contributed by atoms with van der Waals surface area (Å²) in [4.78, 5) is 4.45. The number of benzene rings is 2. The number of aliphatic imine (C=N–C) groups is 1. The van der Waals surface area contributed by atoms with Gasteiger partial charge in [0.05, 0.1) is 10.6 Å². The molecule has 1 unspecified atom stereocenters. The minimum atomic E-state index is -1.04. The lowest BCUT2D eigenvalue weighted by Crippen LogP contribution is -2.14. The van der Waals surface area contributed by atoms with Crippen LogP contribution in [0.1, 0.15) is 24.0 Å². The third-order valence-electron chi connectivity index (χ3n) is 3.45. The number of hydrogen-bond donors (Lipinski definition) is 1. The third-order valence-corrected chi connectivity index (χ3v) is 4.57. The van der Waals surface area contributed by atoms with E-state index < -0.39 is 23.4 Å². The zero-order valence-corrected chi connectivity index (χ0v) is 12.9. The van der Waals surface area contributed by atoms with Crippen LogP contribution < -0.4 is 4.72 Å². The number of hydrogen-bond acceptors (Lipinski definition) is 3. The Morgan fingerprint density at radius 3 is 2.64 bits per heavy atom. The molecule has 0 fully saturated rings. The summed E-state index contributed by atoms with van der Waals surface area (Å²) in [6.45, 7) is 1.60. The molecule has 7 heteroatoms. The molecule has 0 saturated carbocycles. The lowest BCUT2D eigenvalue weighted by molar-refractivity contribution is 0.491. The van der Waals surface area contributed by atoms with E-state index in [0.717, 1.165) is 18.0 Å². The highest BCUT2D eigenvalue weighted by atomic mass is 35.5. The van der Waals surface area contributed by atoms with Crippen LogP contribution >= 0.6 is 23.5 Å². The highest BCUT2D eigenvalue weighted by Crippen LogP contribution is 2.43. The quantitative estimate of drug-likeness (QED) is 0.607. The van der Waals surface area contributed by atoms with Crippen LogP contribution in [0.3, 0.4) is 0 Å². The van der Waals surface area contributed by atoms with E-state index in [1.165, 1.54) is 18.2 Å². The predicted octanol–water partition coefficient (Wildman–Crippen LogP) is 5.09. The minimum Gasteiger partial charge on any atom is -0.300 e. The van der Waals surface area contributed by atoms with Gasteiger partial charge in [-0.15, -0.1) is 0 Å². The second-order valence-corrected chi connectivity index (χ2v) is 5.99. The van der Waals surface area contributed by atoms with Crippen LogP contribution in [0.2, 0.25) is 0 Å². The summed E-state index contributed by atoms with van der Waals surface area (Å²) >= 11 is 6.86. The maximum Gasteiger partial charge on any atom is 0.206 e. The van der Waals surface area contributed by atoms with Gasteiger partial charge in [-0.3, -0.25) is 0 Å². The molecule has 0 spiro atoms. The lowest BCUT2D eigenvalue weighted by Gasteiger charge is -2.21. The first-order valence-corrected chi connectivity index (χ1v) is 7.62. The van der Waals surface area contributed by atoms with E-state index in [1.54, 1.807) is 13.0 Å². The van der Waals surface area contributed by atoms with Crippen molar-refractivity contribution in [3.8, 4) is 0 Å². The van der Waals surface area contributed by atoms with Gasteiger partial charge in [0, 0.05) is 11.5 Å². The first kappa shape index (κ1) is 15.2. The Bertz CT molecular complexity index is 780. The van der Waals surface area contributed by atoms with Crippen molar-refractivity contribution in [3.63, 3.8) is 0 Å². The Balaban J connectivity index is 2.23. The SMILES string of the molecule is CC(c1ccccc1F)c1c(F)c(F)cc2c1N=C(Cl)NS2. The maximum absolute atomic E-state index is 14.3. The molecule has 0 bridgehead atoms. The standard InChI is InChI=1S/C15H10ClF3N2S/c1-7(8-4-2-3-5-9(8)17)12-13(19)10(18)6-11-14(12)20-15(16)21-22-11/h2-7H,1H3,(H,20,21). The van der Waals surface area contributed by atoms with Crippen LogP contribution in [0.25, 0.3) is 0 Å². The molecule has 2 aromatic carbocycles. The zero-order valence-electron chi connectivity index (χ0n) is 11.3. The van der Waals surface area contributed by atoms with Crippen LogP contribution in [0.15, 0.2) is 40.2 Å². The average molecular weight is 343 g/mol. The van der Waals surface area contributed by atoms with Crippen molar-refractivity contribution in [1.29, 1.82) is 0 Å². The molecule has 3 rings (SSSR count). The first-order valence-electron chi connectivity index (χ1n) is 6.42. The molecule has 0 radical (unpaired) electrons. The number of nitrogens with zero attached hydrogens (tertiary/aromatic N) is 1. The molecule has 0 aromatic heterocycles. The van der Waals surface area contributed by atoms with Crippen molar-refractivity contribution in [2.45, 2.75) is 17.7 Å². The van der Waals surface area contributed by atoms with E-state index in [2.05, 4.69) is 9.71 Å².